The summed E-state index contributed by atoms with van der Waals surface area (Å²) in [5.41, 5.74) is 0.976. The minimum atomic E-state index is -3.20. The maximum absolute atomic E-state index is 12.5. The molecule has 0 spiro atoms. The Morgan fingerprint density at radius 1 is 1.19 bits per heavy atom. The molecule has 1 unspecified atom stereocenters. The summed E-state index contributed by atoms with van der Waals surface area (Å²) in [4.78, 5) is 26.2. The molecule has 1 fully saturated rings. The average Bonchev–Trinajstić information content (AvgIpc) is 3.42. The van der Waals surface area contributed by atoms with Crippen LogP contribution in [0.5, 0.6) is 5.75 Å². The summed E-state index contributed by atoms with van der Waals surface area (Å²) in [6.07, 6.45) is 3.35. The first-order valence-corrected chi connectivity index (χ1v) is 10.6. The van der Waals surface area contributed by atoms with Gasteiger partial charge in [0.05, 0.1) is 19.3 Å². The van der Waals surface area contributed by atoms with Crippen LogP contribution in [0.3, 0.4) is 0 Å². The molecule has 1 heterocycles. The first-order valence-electron chi connectivity index (χ1n) is 8.85. The molecule has 0 radical (unpaired) electrons. The van der Waals surface area contributed by atoms with Gasteiger partial charge in [0.1, 0.15) is 5.75 Å². The topological polar surface area (TPSA) is 90.0 Å². The zero-order chi connectivity index (χ0) is 19.4. The van der Waals surface area contributed by atoms with E-state index in [9.17, 15) is 18.0 Å². The van der Waals surface area contributed by atoms with Gasteiger partial charge < -0.3 is 14.4 Å². The Morgan fingerprint density at radius 3 is 2.44 bits per heavy atom. The molecule has 27 heavy (non-hydrogen) atoms. The summed E-state index contributed by atoms with van der Waals surface area (Å²) < 4.78 is 33.0. The van der Waals surface area contributed by atoms with Gasteiger partial charge in [0.15, 0.2) is 16.4 Å². The molecule has 0 saturated heterocycles. The van der Waals surface area contributed by atoms with Crippen molar-refractivity contribution < 1.29 is 27.5 Å². The van der Waals surface area contributed by atoms with Crippen molar-refractivity contribution >= 4 is 21.7 Å². The summed E-state index contributed by atoms with van der Waals surface area (Å²) in [6.45, 7) is 0.128. The van der Waals surface area contributed by atoms with Gasteiger partial charge in [0.2, 0.25) is 0 Å². The van der Waals surface area contributed by atoms with Crippen molar-refractivity contribution in [2.45, 2.75) is 31.8 Å². The number of carbonyl (C=O) groups is 2. The predicted octanol–water partition coefficient (Wildman–Crippen LogP) is 1.68. The van der Waals surface area contributed by atoms with Crippen LogP contribution < -0.4 is 4.74 Å². The lowest BCUT2D eigenvalue weighted by Crippen LogP contribution is -2.36. The lowest BCUT2D eigenvalue weighted by molar-refractivity contribution is -0.153. The number of carbonyl (C=O) groups excluding carboxylic acids is 2. The molecule has 146 valence electrons. The van der Waals surface area contributed by atoms with Crippen molar-refractivity contribution in [2.24, 2.45) is 5.92 Å². The van der Waals surface area contributed by atoms with Gasteiger partial charge in [0.25, 0.3) is 5.91 Å². The Labute approximate surface area is 158 Å². The molecule has 1 atom stereocenters. The number of sulfone groups is 1. The van der Waals surface area contributed by atoms with Crippen LogP contribution in [0.1, 0.15) is 24.8 Å². The van der Waals surface area contributed by atoms with E-state index in [-0.39, 0.29) is 36.6 Å². The summed E-state index contributed by atoms with van der Waals surface area (Å²) >= 11 is 0. The molecule has 0 N–H and O–H groups in total. The fourth-order valence-corrected chi connectivity index (χ4v) is 4.40. The molecule has 0 bridgehead atoms. The maximum atomic E-state index is 12.5. The molecule has 1 aliphatic carbocycles. The van der Waals surface area contributed by atoms with Crippen LogP contribution in [0.15, 0.2) is 35.7 Å². The number of ether oxygens (including phenoxy) is 2. The first kappa shape index (κ1) is 19.4. The lowest BCUT2D eigenvalue weighted by atomic mass is 10.1. The van der Waals surface area contributed by atoms with Gasteiger partial charge in [0, 0.05) is 23.9 Å². The summed E-state index contributed by atoms with van der Waals surface area (Å²) in [5.74, 6) is -0.509. The van der Waals surface area contributed by atoms with E-state index in [4.69, 9.17) is 9.47 Å². The second-order valence-corrected chi connectivity index (χ2v) is 8.82. The Kier molecular flexibility index (Phi) is 5.84. The van der Waals surface area contributed by atoms with E-state index in [1.807, 2.05) is 24.3 Å². The van der Waals surface area contributed by atoms with Crippen LogP contribution in [0.4, 0.5) is 0 Å². The van der Waals surface area contributed by atoms with E-state index in [1.165, 1.54) is 6.08 Å². The first-order chi connectivity index (χ1) is 12.9. The highest BCUT2D eigenvalue weighted by Gasteiger charge is 2.33. The molecule has 1 amide bonds. The fourth-order valence-electron chi connectivity index (χ4n) is 3.00. The van der Waals surface area contributed by atoms with Crippen LogP contribution in [0.25, 0.3) is 0 Å². The average molecular weight is 393 g/mol. The van der Waals surface area contributed by atoms with E-state index in [1.54, 1.807) is 12.0 Å². The van der Waals surface area contributed by atoms with Crippen LogP contribution in [0, 0.1) is 5.92 Å². The van der Waals surface area contributed by atoms with Crippen LogP contribution in [-0.4, -0.2) is 50.7 Å². The minimum Gasteiger partial charge on any atom is -0.497 e. The van der Waals surface area contributed by atoms with Crippen LogP contribution in [-0.2, 0) is 30.7 Å². The standard InChI is InChI=1S/C19H23NO6S/c1-25-17-6-2-14(3-7-17)11-20(16-4-5-16)18(21)12-26-19(22)10-15-8-9-27(23,24)13-15/h2-3,6-9,15-16H,4-5,10-13H2,1H3. The van der Waals surface area contributed by atoms with Gasteiger partial charge >= 0.3 is 5.97 Å². The monoisotopic (exact) mass is 393 g/mol. The molecule has 3 rings (SSSR count). The largest absolute Gasteiger partial charge is 0.497 e. The molecule has 1 aromatic rings. The maximum Gasteiger partial charge on any atom is 0.306 e. The number of rotatable bonds is 8. The normalized spacial score (nSPS) is 20.3. The van der Waals surface area contributed by atoms with Crippen molar-refractivity contribution in [3.63, 3.8) is 0 Å². The highest BCUT2D eigenvalue weighted by Crippen LogP contribution is 2.29. The van der Waals surface area contributed by atoms with E-state index in [0.29, 0.717) is 6.54 Å². The summed E-state index contributed by atoms with van der Waals surface area (Å²) in [5, 5.41) is 1.12. The van der Waals surface area contributed by atoms with E-state index in [0.717, 1.165) is 29.6 Å². The van der Waals surface area contributed by atoms with Crippen molar-refractivity contribution in [1.29, 1.82) is 0 Å². The van der Waals surface area contributed by atoms with Gasteiger partial charge in [-0.2, -0.15) is 0 Å². The molecular formula is C19H23NO6S. The van der Waals surface area contributed by atoms with Crippen molar-refractivity contribution in [1.82, 2.24) is 4.90 Å². The third kappa shape index (κ3) is 5.56. The predicted molar refractivity (Wildman–Crippen MR) is 98.6 cm³/mol. The molecule has 1 aliphatic heterocycles. The molecule has 0 aromatic heterocycles. The highest BCUT2D eigenvalue weighted by atomic mass is 32.2. The smallest absolute Gasteiger partial charge is 0.306 e. The number of hydrogen-bond acceptors (Lipinski definition) is 6. The quantitative estimate of drug-likeness (QED) is 0.624. The van der Waals surface area contributed by atoms with E-state index >= 15 is 0 Å². The van der Waals surface area contributed by atoms with E-state index in [2.05, 4.69) is 0 Å². The lowest BCUT2D eigenvalue weighted by Gasteiger charge is -2.22. The number of methoxy groups -OCH3 is 1. The number of allylic oxidation sites excluding steroid dienone is 1. The van der Waals surface area contributed by atoms with E-state index < -0.39 is 15.8 Å². The van der Waals surface area contributed by atoms with Gasteiger partial charge in [-0.1, -0.05) is 18.2 Å². The van der Waals surface area contributed by atoms with Crippen molar-refractivity contribution in [2.75, 3.05) is 19.5 Å². The van der Waals surface area contributed by atoms with Gasteiger partial charge in [-0.15, -0.1) is 0 Å². The number of benzene rings is 1. The van der Waals surface area contributed by atoms with Gasteiger partial charge in [-0.3, -0.25) is 9.59 Å². The molecule has 7 nitrogen and oxygen atoms in total. The zero-order valence-corrected chi connectivity index (χ0v) is 16.0. The molecule has 1 saturated carbocycles. The second kappa shape index (κ2) is 8.12. The van der Waals surface area contributed by atoms with Gasteiger partial charge in [-0.05, 0) is 30.5 Å². The molecule has 2 aliphatic rings. The second-order valence-electron chi connectivity index (χ2n) is 6.88. The molecule has 1 aromatic carbocycles. The number of nitrogens with zero attached hydrogens (tertiary/aromatic N) is 1. The van der Waals surface area contributed by atoms with Crippen molar-refractivity contribution in [3.05, 3.63) is 41.3 Å². The van der Waals surface area contributed by atoms with Crippen LogP contribution >= 0.6 is 0 Å². The van der Waals surface area contributed by atoms with Crippen LogP contribution in [0.2, 0.25) is 0 Å². The Balaban J connectivity index is 1.50. The number of amides is 1. The van der Waals surface area contributed by atoms with Crippen molar-refractivity contribution in [3.8, 4) is 5.75 Å². The highest BCUT2D eigenvalue weighted by molar-refractivity contribution is 7.94. The molecular weight excluding hydrogens is 370 g/mol. The number of esters is 1. The minimum absolute atomic E-state index is 0.0368. The third-order valence-corrected chi connectivity index (χ3v) is 6.07. The third-order valence-electron chi connectivity index (χ3n) is 4.61. The zero-order valence-electron chi connectivity index (χ0n) is 15.2. The fraction of sp³-hybridized carbons (Fsp3) is 0.474. The number of hydrogen-bond donors (Lipinski definition) is 0. The Hall–Kier alpha value is -2.35. The SMILES string of the molecule is COc1ccc(CN(C(=O)COC(=O)CC2C=CS(=O)(=O)C2)C2CC2)cc1. The Morgan fingerprint density at radius 2 is 1.89 bits per heavy atom. The Bertz CT molecular complexity index is 826. The summed E-state index contributed by atoms with van der Waals surface area (Å²) in [7, 11) is -1.60. The van der Waals surface area contributed by atoms with Gasteiger partial charge in [-0.25, -0.2) is 8.42 Å². The summed E-state index contributed by atoms with van der Waals surface area (Å²) in [6, 6.07) is 7.67. The molecule has 8 heteroatoms.